The van der Waals surface area contributed by atoms with Crippen LogP contribution in [-0.4, -0.2) is 14.2 Å². The minimum absolute atomic E-state index is 0.771. The molecule has 6 aromatic carbocycles. The third-order valence-corrected chi connectivity index (χ3v) is 12.2. The Morgan fingerprint density at radius 1 is 0.468 bits per heavy atom. The van der Waals surface area contributed by atoms with Crippen molar-refractivity contribution in [2.75, 3.05) is 14.2 Å². The van der Waals surface area contributed by atoms with Gasteiger partial charge in [0.15, 0.2) is 0 Å². The van der Waals surface area contributed by atoms with Crippen molar-refractivity contribution in [1.82, 2.24) is 0 Å². The average Bonchev–Trinajstić information content (AvgIpc) is 3.11. The van der Waals surface area contributed by atoms with E-state index in [1.54, 1.807) is 14.2 Å². The molecule has 0 aliphatic carbocycles. The molecule has 2 nitrogen and oxygen atoms in total. The van der Waals surface area contributed by atoms with Crippen molar-refractivity contribution in [2.45, 2.75) is 27.7 Å². The van der Waals surface area contributed by atoms with Crippen molar-refractivity contribution in [1.29, 1.82) is 0 Å². The van der Waals surface area contributed by atoms with E-state index in [-0.39, 0.29) is 0 Å². The summed E-state index contributed by atoms with van der Waals surface area (Å²) in [5, 5.41) is 5.55. The number of aryl methyl sites for hydroxylation is 2. The fourth-order valence-corrected chi connectivity index (χ4v) is 9.83. The zero-order valence-corrected chi connectivity index (χ0v) is 29.7. The van der Waals surface area contributed by atoms with Crippen molar-refractivity contribution in [3.8, 4) is 22.6 Å². The molecule has 0 unspecified atom stereocenters. The molecule has 0 aromatic heterocycles. The Balaban J connectivity index is 0.000000257. The van der Waals surface area contributed by atoms with Gasteiger partial charge in [-0.2, -0.15) is 0 Å². The molecule has 0 bridgehead atoms. The van der Waals surface area contributed by atoms with Gasteiger partial charge in [-0.05, 0) is 91.0 Å². The maximum atomic E-state index is 13.9. The maximum absolute atomic E-state index is 13.9. The van der Waals surface area contributed by atoms with Gasteiger partial charge < -0.3 is 9.47 Å². The van der Waals surface area contributed by atoms with Gasteiger partial charge in [-0.3, -0.25) is 0 Å². The van der Waals surface area contributed by atoms with Gasteiger partial charge in [-0.1, -0.05) is 133 Å². The first-order chi connectivity index (χ1) is 22.8. The number of hydrogen-bond acceptors (Lipinski definition) is 2. The van der Waals surface area contributed by atoms with Crippen molar-refractivity contribution < 1.29 is 13.7 Å². The van der Waals surface area contributed by atoms with E-state index < -0.39 is 16.2 Å². The van der Waals surface area contributed by atoms with Gasteiger partial charge in [0.25, 0.3) is 0 Å². The molecular formula is C42H41FO2P2. The van der Waals surface area contributed by atoms with Crippen molar-refractivity contribution in [3.05, 3.63) is 162 Å². The minimum Gasteiger partial charge on any atom is -0.496 e. The van der Waals surface area contributed by atoms with E-state index in [1.807, 2.05) is 60.7 Å². The number of benzene rings is 6. The van der Waals surface area contributed by atoms with Gasteiger partial charge >= 0.3 is 0 Å². The van der Waals surface area contributed by atoms with E-state index in [1.165, 1.54) is 32.6 Å². The SMILES string of the molecule is COc1c(C)ccc(-c2c(P(c3ccccc3)c3ccccc3)cc(C)c(OC)c2C)c1C.FP(c1ccccc1)c1ccccc1. The highest BCUT2D eigenvalue weighted by Crippen LogP contribution is 2.44. The van der Waals surface area contributed by atoms with Crippen molar-refractivity contribution >= 4 is 42.7 Å². The quantitative estimate of drug-likeness (QED) is 0.152. The van der Waals surface area contributed by atoms with Crippen LogP contribution in [0.15, 0.2) is 140 Å². The molecular weight excluding hydrogens is 617 g/mol. The molecule has 47 heavy (non-hydrogen) atoms. The summed E-state index contributed by atoms with van der Waals surface area (Å²) in [5.74, 6) is 1.89. The zero-order chi connectivity index (χ0) is 33.3. The van der Waals surface area contributed by atoms with Crippen LogP contribution in [0.5, 0.6) is 11.5 Å². The smallest absolute Gasteiger partial charge is 0.144 e. The summed E-state index contributed by atoms with van der Waals surface area (Å²) in [6.07, 6.45) is 0. The molecule has 0 spiro atoms. The number of hydrogen-bond donors (Lipinski definition) is 0. The summed E-state index contributed by atoms with van der Waals surface area (Å²) >= 11 is 0. The first kappa shape index (κ1) is 34.1. The first-order valence-electron chi connectivity index (χ1n) is 15.6. The van der Waals surface area contributed by atoms with Crippen LogP contribution < -0.4 is 36.0 Å². The number of rotatable bonds is 8. The lowest BCUT2D eigenvalue weighted by Gasteiger charge is -2.27. The largest absolute Gasteiger partial charge is 0.496 e. The van der Waals surface area contributed by atoms with Crippen molar-refractivity contribution in [3.63, 3.8) is 0 Å². The number of halogens is 1. The second-order valence-corrected chi connectivity index (χ2v) is 15.1. The van der Waals surface area contributed by atoms with Crippen LogP contribution in [0.2, 0.25) is 0 Å². The third kappa shape index (κ3) is 7.65. The van der Waals surface area contributed by atoms with Gasteiger partial charge in [0.2, 0.25) is 0 Å². The van der Waals surface area contributed by atoms with Gasteiger partial charge in [0, 0.05) is 10.6 Å². The van der Waals surface area contributed by atoms with Gasteiger partial charge in [0.1, 0.15) is 19.7 Å². The number of methoxy groups -OCH3 is 2. The van der Waals surface area contributed by atoms with E-state index in [0.29, 0.717) is 0 Å². The van der Waals surface area contributed by atoms with Crippen LogP contribution in [0.3, 0.4) is 0 Å². The summed E-state index contributed by atoms with van der Waals surface area (Å²) in [4.78, 5) is 0. The Morgan fingerprint density at radius 2 is 0.872 bits per heavy atom. The molecule has 0 aliphatic heterocycles. The molecule has 5 heteroatoms. The molecule has 0 fully saturated rings. The van der Waals surface area contributed by atoms with E-state index in [9.17, 15) is 4.20 Å². The fraction of sp³-hybridized carbons (Fsp3) is 0.143. The van der Waals surface area contributed by atoms with Gasteiger partial charge in [-0.25, -0.2) is 4.20 Å². The maximum Gasteiger partial charge on any atom is 0.144 e. The summed E-state index contributed by atoms with van der Waals surface area (Å²) in [6.45, 7) is 8.58. The second kappa shape index (κ2) is 16.0. The molecule has 0 heterocycles. The summed E-state index contributed by atoms with van der Waals surface area (Å²) < 4.78 is 25.6. The lowest BCUT2D eigenvalue weighted by molar-refractivity contribution is 0.408. The first-order valence-corrected chi connectivity index (χ1v) is 18.2. The lowest BCUT2D eigenvalue weighted by Crippen LogP contribution is -2.23. The highest BCUT2D eigenvalue weighted by atomic mass is 31.2. The second-order valence-electron chi connectivity index (χ2n) is 11.3. The lowest BCUT2D eigenvalue weighted by atomic mass is 9.92. The van der Waals surface area contributed by atoms with Crippen LogP contribution in [0.25, 0.3) is 11.1 Å². The van der Waals surface area contributed by atoms with E-state index in [0.717, 1.165) is 38.8 Å². The predicted octanol–water partition coefficient (Wildman–Crippen LogP) is 9.37. The molecule has 0 amide bonds. The van der Waals surface area contributed by atoms with Crippen LogP contribution >= 0.6 is 16.2 Å². The van der Waals surface area contributed by atoms with E-state index in [4.69, 9.17) is 9.47 Å². The van der Waals surface area contributed by atoms with Gasteiger partial charge in [-0.15, -0.1) is 0 Å². The topological polar surface area (TPSA) is 18.5 Å². The molecule has 0 saturated heterocycles. The number of ether oxygens (including phenoxy) is 2. The Morgan fingerprint density at radius 3 is 1.30 bits per heavy atom. The molecule has 0 atom stereocenters. The molecule has 238 valence electrons. The van der Waals surface area contributed by atoms with E-state index in [2.05, 4.69) is 107 Å². The highest BCUT2D eigenvalue weighted by Gasteiger charge is 2.26. The fourth-order valence-electron chi connectivity index (χ4n) is 6.03. The molecule has 6 aromatic rings. The van der Waals surface area contributed by atoms with Crippen LogP contribution in [0.4, 0.5) is 4.20 Å². The highest BCUT2D eigenvalue weighted by molar-refractivity contribution is 7.80. The minimum atomic E-state index is -1.67. The summed E-state index contributed by atoms with van der Waals surface area (Å²) in [5.41, 5.74) is 7.06. The Labute approximate surface area is 281 Å². The van der Waals surface area contributed by atoms with Crippen molar-refractivity contribution in [2.24, 2.45) is 0 Å². The van der Waals surface area contributed by atoms with E-state index >= 15 is 0 Å². The molecule has 6 rings (SSSR count). The normalized spacial score (nSPS) is 10.8. The molecule has 0 radical (unpaired) electrons. The Bertz CT molecular complexity index is 1820. The predicted molar refractivity (Wildman–Crippen MR) is 203 cm³/mol. The average molecular weight is 659 g/mol. The van der Waals surface area contributed by atoms with Crippen LogP contribution in [0, 0.1) is 27.7 Å². The monoisotopic (exact) mass is 658 g/mol. The summed E-state index contributed by atoms with van der Waals surface area (Å²) in [6, 6.07) is 47.0. The van der Waals surface area contributed by atoms with Gasteiger partial charge in [0.05, 0.1) is 14.2 Å². The zero-order valence-electron chi connectivity index (χ0n) is 27.9. The Kier molecular flexibility index (Phi) is 11.6. The van der Waals surface area contributed by atoms with Crippen LogP contribution in [-0.2, 0) is 0 Å². The molecule has 0 aliphatic rings. The summed E-state index contributed by atoms with van der Waals surface area (Å²) in [7, 11) is 1.07. The van der Waals surface area contributed by atoms with Crippen LogP contribution in [0.1, 0.15) is 22.3 Å². The molecule has 0 saturated carbocycles. The standard InChI is InChI=1S/C30H31O2P.C12H10FP/c1-20-17-18-26(22(3)29(20)31-5)28-23(4)30(32-6)21(2)19-27(28)33(24-13-9-7-10-14-24)25-15-11-8-12-16-25;13-14(11-7-3-1-4-8-11)12-9-5-2-6-10-12/h7-19H,1-6H3;1-10H. The molecule has 0 N–H and O–H groups in total. The Hall–Kier alpha value is -4.29. The third-order valence-electron chi connectivity index (χ3n) is 8.20.